The first-order valence-corrected chi connectivity index (χ1v) is 8.96. The lowest BCUT2D eigenvalue weighted by atomic mass is 10.2. The molecule has 0 radical (unpaired) electrons. The van der Waals surface area contributed by atoms with Crippen LogP contribution in [0.2, 0.25) is 0 Å². The second-order valence-electron chi connectivity index (χ2n) is 6.17. The molecule has 1 N–H and O–H groups in total. The zero-order valence-electron chi connectivity index (χ0n) is 15.3. The summed E-state index contributed by atoms with van der Waals surface area (Å²) in [6.07, 6.45) is -0.240. The van der Waals surface area contributed by atoms with Crippen molar-refractivity contribution in [1.82, 2.24) is 14.9 Å². The number of rotatable bonds is 5. The second-order valence-corrected chi connectivity index (χ2v) is 6.17. The lowest BCUT2D eigenvalue weighted by molar-refractivity contribution is 0.105. The summed E-state index contributed by atoms with van der Waals surface area (Å²) in [6, 6.07) is 12.2. The number of piperazine rings is 1. The van der Waals surface area contributed by atoms with E-state index in [0.717, 1.165) is 30.5 Å². The lowest BCUT2D eigenvalue weighted by Gasteiger charge is -2.34. The van der Waals surface area contributed by atoms with Crippen molar-refractivity contribution in [2.45, 2.75) is 20.4 Å². The van der Waals surface area contributed by atoms with Crippen molar-refractivity contribution in [1.29, 1.82) is 0 Å². The van der Waals surface area contributed by atoms with Gasteiger partial charge < -0.3 is 19.9 Å². The fraction of sp³-hybridized carbons (Fsp3) is 0.421. The molecule has 0 spiro atoms. The number of hydrogen-bond acceptors (Lipinski definition) is 6. The Bertz CT molecular complexity index is 730. The summed E-state index contributed by atoms with van der Waals surface area (Å²) in [6.45, 7) is 7.56. The van der Waals surface area contributed by atoms with Crippen LogP contribution < -0.4 is 10.2 Å². The summed E-state index contributed by atoms with van der Waals surface area (Å²) in [4.78, 5) is 24.8. The molecule has 7 nitrogen and oxygen atoms in total. The second kappa shape index (κ2) is 8.51. The highest BCUT2D eigenvalue weighted by Crippen LogP contribution is 2.18. The van der Waals surface area contributed by atoms with Crippen LogP contribution in [-0.2, 0) is 11.3 Å². The lowest BCUT2D eigenvalue weighted by Crippen LogP contribution is -2.49. The molecule has 0 aliphatic carbocycles. The third-order valence-electron chi connectivity index (χ3n) is 4.27. The molecule has 138 valence electrons. The van der Waals surface area contributed by atoms with Crippen LogP contribution >= 0.6 is 0 Å². The smallest absolute Gasteiger partial charge is 0.409 e. The van der Waals surface area contributed by atoms with Gasteiger partial charge in [0.25, 0.3) is 0 Å². The van der Waals surface area contributed by atoms with Crippen LogP contribution in [0, 0.1) is 6.92 Å². The predicted octanol–water partition coefficient (Wildman–Crippen LogP) is 2.68. The maximum atomic E-state index is 11.8. The molecule has 0 bridgehead atoms. The number of carbonyl (C=O) groups excluding carboxylic acids is 1. The topological polar surface area (TPSA) is 70.6 Å². The summed E-state index contributed by atoms with van der Waals surface area (Å²) in [7, 11) is 0. The molecule has 1 aromatic carbocycles. The van der Waals surface area contributed by atoms with E-state index in [1.165, 1.54) is 5.56 Å². The van der Waals surface area contributed by atoms with E-state index in [4.69, 9.17) is 4.74 Å². The highest BCUT2D eigenvalue weighted by Gasteiger charge is 2.23. The molecule has 1 fully saturated rings. The van der Waals surface area contributed by atoms with Gasteiger partial charge in [-0.1, -0.05) is 30.3 Å². The first-order chi connectivity index (χ1) is 12.7. The van der Waals surface area contributed by atoms with Crippen LogP contribution in [0.4, 0.5) is 16.4 Å². The molecule has 3 rings (SSSR count). The highest BCUT2D eigenvalue weighted by molar-refractivity contribution is 5.68. The maximum absolute atomic E-state index is 11.8. The minimum atomic E-state index is -0.240. The quantitative estimate of drug-likeness (QED) is 0.889. The Labute approximate surface area is 154 Å². The van der Waals surface area contributed by atoms with Gasteiger partial charge in [-0.05, 0) is 19.4 Å². The monoisotopic (exact) mass is 355 g/mol. The first kappa shape index (κ1) is 18.0. The van der Waals surface area contributed by atoms with Crippen molar-refractivity contribution >= 4 is 17.7 Å². The van der Waals surface area contributed by atoms with Gasteiger partial charge >= 0.3 is 6.09 Å². The molecule has 0 unspecified atom stereocenters. The molecule has 0 saturated carbocycles. The van der Waals surface area contributed by atoms with E-state index >= 15 is 0 Å². The molecule has 2 heterocycles. The van der Waals surface area contributed by atoms with Gasteiger partial charge in [-0.15, -0.1) is 0 Å². The van der Waals surface area contributed by atoms with Gasteiger partial charge in [0.1, 0.15) is 17.5 Å². The molecule has 7 heteroatoms. The van der Waals surface area contributed by atoms with Crippen molar-refractivity contribution in [2.75, 3.05) is 43.0 Å². The highest BCUT2D eigenvalue weighted by atomic mass is 16.6. The number of benzene rings is 1. The summed E-state index contributed by atoms with van der Waals surface area (Å²) >= 11 is 0. The minimum Gasteiger partial charge on any atom is -0.450 e. The number of nitrogens with one attached hydrogen (secondary N) is 1. The van der Waals surface area contributed by atoms with Gasteiger partial charge in [-0.2, -0.15) is 0 Å². The van der Waals surface area contributed by atoms with Gasteiger partial charge in [0.05, 0.1) is 6.61 Å². The van der Waals surface area contributed by atoms with Gasteiger partial charge in [-0.3, -0.25) is 0 Å². The average molecular weight is 355 g/mol. The van der Waals surface area contributed by atoms with E-state index in [0.29, 0.717) is 26.2 Å². The van der Waals surface area contributed by atoms with Crippen LogP contribution in [0.5, 0.6) is 0 Å². The van der Waals surface area contributed by atoms with E-state index in [9.17, 15) is 4.79 Å². The third kappa shape index (κ3) is 4.62. The number of carbonyl (C=O) groups is 1. The van der Waals surface area contributed by atoms with Gasteiger partial charge in [0, 0.05) is 38.8 Å². The largest absolute Gasteiger partial charge is 0.450 e. The Balaban J connectivity index is 1.62. The molecule has 1 saturated heterocycles. The van der Waals surface area contributed by atoms with Crippen LogP contribution in [0.3, 0.4) is 0 Å². The van der Waals surface area contributed by atoms with Crippen LogP contribution in [0.15, 0.2) is 36.4 Å². The number of ether oxygens (including phenoxy) is 1. The summed E-state index contributed by atoms with van der Waals surface area (Å²) in [5, 5.41) is 3.36. The molecule has 2 aromatic rings. The summed E-state index contributed by atoms with van der Waals surface area (Å²) in [5.74, 6) is 2.42. The number of nitrogens with zero attached hydrogens (tertiary/aromatic N) is 4. The van der Waals surface area contributed by atoms with Crippen molar-refractivity contribution in [3.8, 4) is 0 Å². The van der Waals surface area contributed by atoms with Crippen molar-refractivity contribution in [3.05, 3.63) is 47.8 Å². The van der Waals surface area contributed by atoms with E-state index in [1.54, 1.807) is 4.90 Å². The number of aromatic nitrogens is 2. The molecule has 1 aliphatic rings. The number of amides is 1. The SMILES string of the molecule is CCOC(=O)N1CCN(c2cc(NCc3ccccc3)nc(C)n2)CC1. The number of aryl methyl sites for hydroxylation is 1. The Kier molecular flexibility index (Phi) is 5.88. The molecule has 26 heavy (non-hydrogen) atoms. The van der Waals surface area contributed by atoms with E-state index < -0.39 is 0 Å². The van der Waals surface area contributed by atoms with Crippen molar-refractivity contribution < 1.29 is 9.53 Å². The zero-order valence-corrected chi connectivity index (χ0v) is 15.3. The van der Waals surface area contributed by atoms with Gasteiger partial charge in [0.15, 0.2) is 0 Å². The average Bonchev–Trinajstić information content (AvgIpc) is 2.67. The fourth-order valence-electron chi connectivity index (χ4n) is 2.93. The minimum absolute atomic E-state index is 0.240. The van der Waals surface area contributed by atoms with E-state index in [-0.39, 0.29) is 6.09 Å². The zero-order chi connectivity index (χ0) is 18.4. The Morgan fingerprint density at radius 2 is 1.88 bits per heavy atom. The number of anilines is 2. The van der Waals surface area contributed by atoms with Crippen LogP contribution in [0.25, 0.3) is 0 Å². The summed E-state index contributed by atoms with van der Waals surface area (Å²) < 4.78 is 5.07. The molecule has 0 atom stereocenters. The van der Waals surface area contributed by atoms with Crippen molar-refractivity contribution in [3.63, 3.8) is 0 Å². The van der Waals surface area contributed by atoms with Gasteiger partial charge in [-0.25, -0.2) is 14.8 Å². The van der Waals surface area contributed by atoms with Crippen LogP contribution in [0.1, 0.15) is 18.3 Å². The van der Waals surface area contributed by atoms with Crippen molar-refractivity contribution in [2.24, 2.45) is 0 Å². The fourth-order valence-corrected chi connectivity index (χ4v) is 2.93. The number of hydrogen-bond donors (Lipinski definition) is 1. The Morgan fingerprint density at radius 3 is 2.58 bits per heavy atom. The third-order valence-corrected chi connectivity index (χ3v) is 4.27. The Morgan fingerprint density at radius 1 is 1.15 bits per heavy atom. The first-order valence-electron chi connectivity index (χ1n) is 8.96. The molecule has 1 aromatic heterocycles. The summed E-state index contributed by atoms with van der Waals surface area (Å²) in [5.41, 5.74) is 1.20. The predicted molar refractivity (Wildman–Crippen MR) is 101 cm³/mol. The normalized spacial score (nSPS) is 14.2. The molecule has 1 amide bonds. The van der Waals surface area contributed by atoms with Gasteiger partial charge in [0.2, 0.25) is 0 Å². The Hall–Kier alpha value is -2.83. The van der Waals surface area contributed by atoms with E-state index in [1.807, 2.05) is 38.1 Å². The molecule has 1 aliphatic heterocycles. The standard InChI is InChI=1S/C19H25N5O2/c1-3-26-19(25)24-11-9-23(10-12-24)18-13-17(21-15(2)22-18)20-14-16-7-5-4-6-8-16/h4-8,13H,3,9-12,14H2,1-2H3,(H,20,21,22). The molecular formula is C19H25N5O2. The van der Waals surface area contributed by atoms with Crippen LogP contribution in [-0.4, -0.2) is 53.7 Å². The van der Waals surface area contributed by atoms with E-state index in [2.05, 4.69) is 32.3 Å². The maximum Gasteiger partial charge on any atom is 0.409 e. The molecular weight excluding hydrogens is 330 g/mol.